The molecule has 0 aromatic rings. The maximum Gasteiger partial charge on any atom is 0.235 e. The molecule has 6 heteroatoms. The van der Waals surface area contributed by atoms with Crippen LogP contribution in [0.1, 0.15) is 6.42 Å². The summed E-state index contributed by atoms with van der Waals surface area (Å²) in [7, 11) is 1.18. The van der Waals surface area contributed by atoms with E-state index in [2.05, 4.69) is 0 Å². The number of alkyl halides is 1. The second-order valence-electron chi connectivity index (χ2n) is 2.85. The van der Waals surface area contributed by atoms with Crippen LogP contribution in [0.15, 0.2) is 0 Å². The van der Waals surface area contributed by atoms with Crippen molar-refractivity contribution in [1.82, 2.24) is 0 Å². The first-order chi connectivity index (χ1) is 5.49. The zero-order valence-corrected chi connectivity index (χ0v) is 7.94. The summed E-state index contributed by atoms with van der Waals surface area (Å²) in [6.45, 7) is 0.807. The van der Waals surface area contributed by atoms with Gasteiger partial charge in [0.25, 0.3) is 0 Å². The predicted octanol–water partition coefficient (Wildman–Crippen LogP) is 0.930. The van der Waals surface area contributed by atoms with E-state index in [4.69, 9.17) is 15.4 Å². The molecule has 0 spiro atoms. The van der Waals surface area contributed by atoms with E-state index in [1.165, 1.54) is 0 Å². The summed E-state index contributed by atoms with van der Waals surface area (Å²) in [6, 6.07) is 0. The molecule has 0 aromatic carbocycles. The molecule has 0 radical (unpaired) electrons. The van der Waals surface area contributed by atoms with E-state index in [1.807, 2.05) is 0 Å². The Bertz CT molecular complexity index is 235. The van der Waals surface area contributed by atoms with E-state index >= 15 is 0 Å². The Balaban J connectivity index is 2.42. The summed E-state index contributed by atoms with van der Waals surface area (Å²) in [5, 5.41) is 0. The molecule has 1 aliphatic rings. The van der Waals surface area contributed by atoms with E-state index in [9.17, 15) is 12.8 Å². The summed E-state index contributed by atoms with van der Waals surface area (Å²) < 4.78 is 38.9. The fourth-order valence-corrected chi connectivity index (χ4v) is 2.18. The van der Waals surface area contributed by atoms with Gasteiger partial charge in [-0.3, -0.25) is 0 Å². The molecule has 1 saturated heterocycles. The van der Waals surface area contributed by atoms with E-state index in [0.29, 0.717) is 19.6 Å². The van der Waals surface area contributed by atoms with Crippen LogP contribution in [0.25, 0.3) is 0 Å². The Labute approximate surface area is 75.3 Å². The number of halogens is 2. The highest BCUT2D eigenvalue weighted by Crippen LogP contribution is 2.21. The first-order valence-electron chi connectivity index (χ1n) is 3.63. The summed E-state index contributed by atoms with van der Waals surface area (Å²) in [4.78, 5) is 0. The summed E-state index contributed by atoms with van der Waals surface area (Å²) in [6.07, 6.45) is -0.817. The van der Waals surface area contributed by atoms with Crippen LogP contribution in [0, 0.1) is 5.92 Å². The van der Waals surface area contributed by atoms with Crippen LogP contribution in [0.5, 0.6) is 0 Å². The minimum absolute atomic E-state index is 0.299. The average Bonchev–Trinajstić information content (AvgIpc) is 2.32. The highest BCUT2D eigenvalue weighted by molar-refractivity contribution is 8.13. The van der Waals surface area contributed by atoms with Gasteiger partial charge in [-0.25, -0.2) is 12.8 Å². The van der Waals surface area contributed by atoms with Crippen LogP contribution in [-0.2, 0) is 13.8 Å². The molecule has 0 aromatic heterocycles. The quantitative estimate of drug-likeness (QED) is 0.660. The SMILES string of the molecule is O=S(=O)(Cl)CC(F)C1CCOC1. The molecule has 0 aliphatic carbocycles. The molecule has 1 fully saturated rings. The molecule has 0 amide bonds. The van der Waals surface area contributed by atoms with Crippen molar-refractivity contribution in [3.05, 3.63) is 0 Å². The molecule has 1 aliphatic heterocycles. The highest BCUT2D eigenvalue weighted by Gasteiger charge is 2.28. The van der Waals surface area contributed by atoms with Crippen LogP contribution in [-0.4, -0.2) is 33.6 Å². The maximum absolute atomic E-state index is 13.1. The lowest BCUT2D eigenvalue weighted by atomic mass is 10.1. The minimum atomic E-state index is -3.72. The molecular formula is C6H10ClFO3S. The Morgan fingerprint density at radius 3 is 2.75 bits per heavy atom. The monoisotopic (exact) mass is 216 g/mol. The van der Waals surface area contributed by atoms with Crippen molar-refractivity contribution < 1.29 is 17.5 Å². The Hall–Kier alpha value is 0.130. The van der Waals surface area contributed by atoms with Crippen LogP contribution < -0.4 is 0 Å². The van der Waals surface area contributed by atoms with Gasteiger partial charge in [-0.05, 0) is 6.42 Å². The largest absolute Gasteiger partial charge is 0.381 e. The minimum Gasteiger partial charge on any atom is -0.381 e. The fraction of sp³-hybridized carbons (Fsp3) is 1.00. The lowest BCUT2D eigenvalue weighted by Gasteiger charge is -2.11. The smallest absolute Gasteiger partial charge is 0.235 e. The summed E-state index contributed by atoms with van der Waals surface area (Å²) >= 11 is 0. The van der Waals surface area contributed by atoms with Gasteiger partial charge in [-0.2, -0.15) is 0 Å². The van der Waals surface area contributed by atoms with Gasteiger partial charge in [-0.1, -0.05) is 0 Å². The van der Waals surface area contributed by atoms with Gasteiger partial charge in [0.05, 0.1) is 12.4 Å². The van der Waals surface area contributed by atoms with Crippen LogP contribution in [0.2, 0.25) is 0 Å². The van der Waals surface area contributed by atoms with Gasteiger partial charge in [0.15, 0.2) is 0 Å². The molecule has 0 N–H and O–H groups in total. The zero-order valence-electron chi connectivity index (χ0n) is 6.37. The molecule has 2 unspecified atom stereocenters. The van der Waals surface area contributed by atoms with Gasteiger partial charge in [-0.15, -0.1) is 0 Å². The topological polar surface area (TPSA) is 43.4 Å². The van der Waals surface area contributed by atoms with E-state index in [-0.39, 0.29) is 5.92 Å². The third kappa shape index (κ3) is 3.25. The van der Waals surface area contributed by atoms with Crippen molar-refractivity contribution >= 4 is 19.7 Å². The van der Waals surface area contributed by atoms with E-state index < -0.39 is 21.0 Å². The number of rotatable bonds is 3. The lowest BCUT2D eigenvalue weighted by molar-refractivity contribution is 0.162. The third-order valence-corrected chi connectivity index (χ3v) is 2.93. The normalized spacial score (nSPS) is 27.3. The first kappa shape index (κ1) is 10.2. The number of hydrogen-bond acceptors (Lipinski definition) is 3. The number of hydrogen-bond donors (Lipinski definition) is 0. The third-order valence-electron chi connectivity index (χ3n) is 1.83. The molecule has 3 nitrogen and oxygen atoms in total. The van der Waals surface area contributed by atoms with E-state index in [0.717, 1.165) is 0 Å². The van der Waals surface area contributed by atoms with Crippen LogP contribution in [0.4, 0.5) is 4.39 Å². The second kappa shape index (κ2) is 3.89. The molecule has 2 atom stereocenters. The van der Waals surface area contributed by atoms with Gasteiger partial charge < -0.3 is 4.74 Å². The predicted molar refractivity (Wildman–Crippen MR) is 43.5 cm³/mol. The highest BCUT2D eigenvalue weighted by atomic mass is 35.7. The number of ether oxygens (including phenoxy) is 1. The first-order valence-corrected chi connectivity index (χ1v) is 6.11. The van der Waals surface area contributed by atoms with Crippen molar-refractivity contribution in [3.8, 4) is 0 Å². The molecule has 12 heavy (non-hydrogen) atoms. The van der Waals surface area contributed by atoms with Gasteiger partial charge in [0.2, 0.25) is 9.05 Å². The van der Waals surface area contributed by atoms with Gasteiger partial charge in [0, 0.05) is 23.2 Å². The van der Waals surface area contributed by atoms with Crippen molar-refractivity contribution in [2.75, 3.05) is 19.0 Å². The second-order valence-corrected chi connectivity index (χ2v) is 5.67. The zero-order chi connectivity index (χ0) is 9.19. The average molecular weight is 217 g/mol. The lowest BCUT2D eigenvalue weighted by Crippen LogP contribution is -2.23. The van der Waals surface area contributed by atoms with Crippen molar-refractivity contribution in [2.24, 2.45) is 5.92 Å². The molecule has 72 valence electrons. The van der Waals surface area contributed by atoms with Crippen molar-refractivity contribution in [2.45, 2.75) is 12.6 Å². The standard InChI is InChI=1S/C6H10ClFO3S/c7-12(9,10)4-6(8)5-1-2-11-3-5/h5-6H,1-4H2. The molecule has 1 heterocycles. The molecular weight excluding hydrogens is 207 g/mol. The van der Waals surface area contributed by atoms with Crippen molar-refractivity contribution in [1.29, 1.82) is 0 Å². The van der Waals surface area contributed by atoms with Crippen LogP contribution in [0.3, 0.4) is 0 Å². The molecule has 1 rings (SSSR count). The van der Waals surface area contributed by atoms with E-state index in [1.54, 1.807) is 0 Å². The molecule has 0 bridgehead atoms. The fourth-order valence-electron chi connectivity index (χ4n) is 1.16. The van der Waals surface area contributed by atoms with Gasteiger partial charge >= 0.3 is 0 Å². The Kier molecular flexibility index (Phi) is 3.31. The Morgan fingerprint density at radius 1 is 1.67 bits per heavy atom. The maximum atomic E-state index is 13.1. The van der Waals surface area contributed by atoms with Gasteiger partial charge in [0.1, 0.15) is 6.17 Å². The molecule has 0 saturated carbocycles. The van der Waals surface area contributed by atoms with Crippen molar-refractivity contribution in [3.63, 3.8) is 0 Å². The summed E-state index contributed by atoms with van der Waals surface area (Å²) in [5.74, 6) is -0.915. The van der Waals surface area contributed by atoms with Crippen LogP contribution >= 0.6 is 10.7 Å². The Morgan fingerprint density at radius 2 is 2.33 bits per heavy atom. The summed E-state index contributed by atoms with van der Waals surface area (Å²) in [5.41, 5.74) is 0.